The van der Waals surface area contributed by atoms with Crippen molar-refractivity contribution in [2.75, 3.05) is 11.9 Å². The van der Waals surface area contributed by atoms with Gasteiger partial charge in [-0.3, -0.25) is 4.79 Å². The summed E-state index contributed by atoms with van der Waals surface area (Å²) in [4.78, 5) is 14.1. The number of nitrogens with one attached hydrogen (secondary N) is 1. The summed E-state index contributed by atoms with van der Waals surface area (Å²) < 4.78 is 52.7. The molecule has 4 nitrogen and oxygen atoms in total. The van der Waals surface area contributed by atoms with Crippen LogP contribution in [0.25, 0.3) is 0 Å². The smallest absolute Gasteiger partial charge is 0.372 e. The van der Waals surface area contributed by atoms with Crippen LogP contribution in [0.2, 0.25) is 0 Å². The molecule has 0 saturated heterocycles. The Morgan fingerprint density at radius 2 is 1.73 bits per heavy atom. The average molecular weight is 419 g/mol. The van der Waals surface area contributed by atoms with Crippen molar-refractivity contribution in [1.29, 1.82) is 5.26 Å². The first-order valence-corrected chi connectivity index (χ1v) is 9.59. The lowest BCUT2D eigenvalue weighted by atomic mass is 9.89. The van der Waals surface area contributed by atoms with Gasteiger partial charge in [0.1, 0.15) is 5.82 Å². The summed E-state index contributed by atoms with van der Waals surface area (Å²) >= 11 is 0. The van der Waals surface area contributed by atoms with Gasteiger partial charge < -0.3 is 10.2 Å². The van der Waals surface area contributed by atoms with Crippen LogP contribution in [0.5, 0.6) is 0 Å². The molecule has 0 radical (unpaired) electrons. The van der Waals surface area contributed by atoms with Crippen molar-refractivity contribution < 1.29 is 22.4 Å². The predicted molar refractivity (Wildman–Crippen MR) is 104 cm³/mol. The van der Waals surface area contributed by atoms with Gasteiger partial charge in [-0.25, -0.2) is 4.39 Å². The van der Waals surface area contributed by atoms with Gasteiger partial charge in [-0.2, -0.15) is 18.4 Å². The van der Waals surface area contributed by atoms with Crippen molar-refractivity contribution in [1.82, 2.24) is 5.32 Å². The van der Waals surface area contributed by atoms with Gasteiger partial charge in [-0.15, -0.1) is 0 Å². The Balaban J connectivity index is 1.61. The first kappa shape index (κ1) is 21.6. The molecule has 0 heterocycles. The summed E-state index contributed by atoms with van der Waals surface area (Å²) in [5.41, 5.74) is -0.547. The zero-order valence-electron chi connectivity index (χ0n) is 16.3. The molecule has 1 aliphatic rings. The molecule has 0 spiro atoms. The van der Waals surface area contributed by atoms with Crippen molar-refractivity contribution in [3.8, 4) is 6.07 Å². The van der Waals surface area contributed by atoms with Gasteiger partial charge >= 0.3 is 6.18 Å². The van der Waals surface area contributed by atoms with E-state index in [4.69, 9.17) is 5.26 Å². The Kier molecular flexibility index (Phi) is 6.30. The number of hydrogen-bond donors (Lipinski definition) is 1. The molecule has 1 aliphatic carbocycles. The third kappa shape index (κ3) is 4.90. The standard InChI is InChI=1S/C22H21F4N3O/c1-29(19-9-4-15(13-27)20(12-19)22(24,25)26)18-10-7-17(8-11-18)28-21(30)14-2-5-16(23)6-3-14/h2-6,9,12,17-18H,7-8,10-11H2,1H3,(H,28,30). The number of alkyl halides is 3. The van der Waals surface area contributed by atoms with Gasteiger partial charge in [-0.05, 0) is 68.1 Å². The lowest BCUT2D eigenvalue weighted by Gasteiger charge is -2.36. The number of anilines is 1. The number of carbonyl (C=O) groups excluding carboxylic acids is 1. The number of carbonyl (C=O) groups is 1. The topological polar surface area (TPSA) is 56.1 Å². The zero-order chi connectivity index (χ0) is 21.9. The molecule has 0 atom stereocenters. The number of nitriles is 1. The van der Waals surface area contributed by atoms with E-state index < -0.39 is 23.1 Å². The summed E-state index contributed by atoms with van der Waals surface area (Å²) in [5, 5.41) is 11.9. The second-order valence-corrected chi connectivity index (χ2v) is 7.44. The van der Waals surface area contributed by atoms with Crippen molar-refractivity contribution >= 4 is 11.6 Å². The van der Waals surface area contributed by atoms with Crippen LogP contribution in [0.1, 0.15) is 47.2 Å². The molecule has 1 fully saturated rings. The summed E-state index contributed by atoms with van der Waals surface area (Å²) in [7, 11) is 1.74. The van der Waals surface area contributed by atoms with Gasteiger partial charge in [0.25, 0.3) is 5.91 Å². The number of nitrogens with zero attached hydrogens (tertiary/aromatic N) is 2. The molecule has 158 valence electrons. The van der Waals surface area contributed by atoms with Gasteiger partial charge in [0, 0.05) is 30.4 Å². The molecule has 0 aliphatic heterocycles. The fraction of sp³-hybridized carbons (Fsp3) is 0.364. The maximum absolute atomic E-state index is 13.2. The van der Waals surface area contributed by atoms with Crippen LogP contribution in [0.15, 0.2) is 42.5 Å². The van der Waals surface area contributed by atoms with Crippen molar-refractivity contribution in [2.24, 2.45) is 0 Å². The lowest BCUT2D eigenvalue weighted by Crippen LogP contribution is -2.43. The Morgan fingerprint density at radius 1 is 1.10 bits per heavy atom. The number of halogens is 4. The molecule has 0 bridgehead atoms. The van der Waals surface area contributed by atoms with E-state index in [1.807, 2.05) is 0 Å². The molecule has 30 heavy (non-hydrogen) atoms. The highest BCUT2D eigenvalue weighted by atomic mass is 19.4. The second kappa shape index (κ2) is 8.74. The lowest BCUT2D eigenvalue weighted by molar-refractivity contribution is -0.137. The SMILES string of the molecule is CN(c1ccc(C#N)c(C(F)(F)F)c1)C1CCC(NC(=O)c2ccc(F)cc2)CC1. The van der Waals surface area contributed by atoms with Gasteiger partial charge in [0.2, 0.25) is 0 Å². The van der Waals surface area contributed by atoms with E-state index in [2.05, 4.69) is 5.32 Å². The number of benzene rings is 2. The number of amides is 1. The first-order valence-electron chi connectivity index (χ1n) is 9.59. The summed E-state index contributed by atoms with van der Waals surface area (Å²) in [6.45, 7) is 0. The van der Waals surface area contributed by atoms with E-state index in [9.17, 15) is 22.4 Å². The second-order valence-electron chi connectivity index (χ2n) is 7.44. The zero-order valence-corrected chi connectivity index (χ0v) is 16.3. The quantitative estimate of drug-likeness (QED) is 0.718. The van der Waals surface area contributed by atoms with Crippen LogP contribution in [-0.4, -0.2) is 25.0 Å². The molecule has 2 aromatic rings. The van der Waals surface area contributed by atoms with Gasteiger partial charge in [0.05, 0.1) is 17.2 Å². The van der Waals surface area contributed by atoms with E-state index >= 15 is 0 Å². The van der Waals surface area contributed by atoms with E-state index in [1.165, 1.54) is 36.4 Å². The maximum Gasteiger partial charge on any atom is 0.417 e. The van der Waals surface area contributed by atoms with Crippen LogP contribution in [0, 0.1) is 17.1 Å². The third-order valence-electron chi connectivity index (χ3n) is 5.52. The Hall–Kier alpha value is -3.08. The summed E-state index contributed by atoms with van der Waals surface area (Å²) in [6.07, 6.45) is -1.82. The molecule has 8 heteroatoms. The molecule has 3 rings (SSSR count). The molecule has 0 unspecified atom stereocenters. The molecule has 2 aromatic carbocycles. The first-order chi connectivity index (χ1) is 14.2. The minimum atomic E-state index is -4.59. The fourth-order valence-electron chi connectivity index (χ4n) is 3.77. The molecular formula is C22H21F4N3O. The Labute approximate surface area is 172 Å². The molecule has 0 aromatic heterocycles. The van der Waals surface area contributed by atoms with Gasteiger partial charge in [0.15, 0.2) is 0 Å². The minimum absolute atomic E-state index is 0.0259. The molecule has 1 saturated carbocycles. The number of hydrogen-bond acceptors (Lipinski definition) is 3. The van der Waals surface area contributed by atoms with Crippen LogP contribution in [0.4, 0.5) is 23.2 Å². The highest BCUT2D eigenvalue weighted by Crippen LogP contribution is 2.35. The normalized spacial score (nSPS) is 19.1. The summed E-state index contributed by atoms with van der Waals surface area (Å²) in [5.74, 6) is -0.680. The average Bonchev–Trinajstić information content (AvgIpc) is 2.73. The summed E-state index contributed by atoms with van der Waals surface area (Å²) in [6, 6.07) is 10.6. The molecular weight excluding hydrogens is 398 g/mol. The van der Waals surface area contributed by atoms with E-state index in [-0.39, 0.29) is 18.0 Å². The molecule has 1 amide bonds. The van der Waals surface area contributed by atoms with Crippen LogP contribution >= 0.6 is 0 Å². The van der Waals surface area contributed by atoms with E-state index in [0.717, 1.165) is 6.07 Å². The van der Waals surface area contributed by atoms with Crippen LogP contribution in [-0.2, 0) is 6.18 Å². The molecule has 1 N–H and O–H groups in total. The Bertz CT molecular complexity index is 942. The highest BCUT2D eigenvalue weighted by molar-refractivity contribution is 5.94. The van der Waals surface area contributed by atoms with E-state index in [1.54, 1.807) is 18.0 Å². The monoisotopic (exact) mass is 419 g/mol. The van der Waals surface area contributed by atoms with E-state index in [0.29, 0.717) is 36.9 Å². The Morgan fingerprint density at radius 3 is 2.30 bits per heavy atom. The third-order valence-corrected chi connectivity index (χ3v) is 5.52. The predicted octanol–water partition coefficient (Wildman–Crippen LogP) is 4.89. The fourth-order valence-corrected chi connectivity index (χ4v) is 3.77. The van der Waals surface area contributed by atoms with Crippen LogP contribution in [0.3, 0.4) is 0 Å². The maximum atomic E-state index is 13.2. The van der Waals surface area contributed by atoms with Crippen molar-refractivity contribution in [2.45, 2.75) is 43.9 Å². The minimum Gasteiger partial charge on any atom is -0.372 e. The van der Waals surface area contributed by atoms with Gasteiger partial charge in [-0.1, -0.05) is 0 Å². The largest absolute Gasteiger partial charge is 0.417 e. The van der Waals surface area contributed by atoms with Crippen LogP contribution < -0.4 is 10.2 Å². The van der Waals surface area contributed by atoms with Crippen molar-refractivity contribution in [3.63, 3.8) is 0 Å². The van der Waals surface area contributed by atoms with Crippen molar-refractivity contribution in [3.05, 3.63) is 65.0 Å². The highest BCUT2D eigenvalue weighted by Gasteiger charge is 2.34. The number of rotatable bonds is 4.